The summed E-state index contributed by atoms with van der Waals surface area (Å²) in [6, 6.07) is 14.9. The molecule has 0 aromatic heterocycles. The van der Waals surface area contributed by atoms with Crippen molar-refractivity contribution in [3.63, 3.8) is 0 Å². The molecule has 0 fully saturated rings. The molecule has 2 amide bonds. The van der Waals surface area contributed by atoms with E-state index >= 15 is 0 Å². The maximum Gasteiger partial charge on any atom is 0.246 e. The van der Waals surface area contributed by atoms with Crippen LogP contribution in [-0.4, -0.2) is 37.4 Å². The molecule has 2 rings (SSSR count). The highest BCUT2D eigenvalue weighted by atomic mass is 16.5. The Bertz CT molecular complexity index is 767. The number of amides is 2. The summed E-state index contributed by atoms with van der Waals surface area (Å²) in [5, 5.41) is 2.77. The third-order valence-corrected chi connectivity index (χ3v) is 3.64. The topological polar surface area (TPSA) is 58.6 Å². The maximum atomic E-state index is 12.2. The third-order valence-electron chi connectivity index (χ3n) is 3.64. The van der Waals surface area contributed by atoms with Crippen LogP contribution in [0.25, 0.3) is 6.08 Å². The van der Waals surface area contributed by atoms with Crippen LogP contribution in [0.4, 0.5) is 5.69 Å². The van der Waals surface area contributed by atoms with E-state index in [0.29, 0.717) is 11.4 Å². The number of likely N-dealkylation sites (N-methyl/N-ethyl adjacent to an activating group) is 1. The van der Waals surface area contributed by atoms with Gasteiger partial charge in [0.15, 0.2) is 0 Å². The Balaban J connectivity index is 1.92. The predicted molar refractivity (Wildman–Crippen MR) is 99.5 cm³/mol. The van der Waals surface area contributed by atoms with Gasteiger partial charge in [-0.05, 0) is 31.2 Å². The Morgan fingerprint density at radius 3 is 2.48 bits per heavy atom. The molecule has 0 atom stereocenters. The molecule has 0 saturated carbocycles. The number of methoxy groups -OCH3 is 1. The van der Waals surface area contributed by atoms with Gasteiger partial charge < -0.3 is 15.0 Å². The van der Waals surface area contributed by atoms with Crippen molar-refractivity contribution < 1.29 is 14.3 Å². The van der Waals surface area contributed by atoms with Gasteiger partial charge in [0.1, 0.15) is 5.75 Å². The number of carbonyl (C=O) groups is 2. The summed E-state index contributed by atoms with van der Waals surface area (Å²) in [5.74, 6) is 0.182. The molecule has 0 heterocycles. The van der Waals surface area contributed by atoms with Crippen molar-refractivity contribution in [2.24, 2.45) is 0 Å². The molecule has 1 N–H and O–H groups in total. The predicted octanol–water partition coefficient (Wildman–Crippen LogP) is 3.11. The molecule has 0 saturated heterocycles. The van der Waals surface area contributed by atoms with Crippen molar-refractivity contribution in [2.45, 2.75) is 6.92 Å². The van der Waals surface area contributed by atoms with Gasteiger partial charge in [-0.25, -0.2) is 0 Å². The number of ether oxygens (including phenoxy) is 1. The van der Waals surface area contributed by atoms with E-state index < -0.39 is 0 Å². The summed E-state index contributed by atoms with van der Waals surface area (Å²) < 4.78 is 5.24. The molecule has 0 unspecified atom stereocenters. The third kappa shape index (κ3) is 5.49. The van der Waals surface area contributed by atoms with Crippen molar-refractivity contribution >= 4 is 23.6 Å². The Labute approximate surface area is 147 Å². The van der Waals surface area contributed by atoms with E-state index in [9.17, 15) is 9.59 Å². The number of hydrogen-bond donors (Lipinski definition) is 1. The zero-order valence-corrected chi connectivity index (χ0v) is 14.7. The van der Waals surface area contributed by atoms with E-state index in [0.717, 1.165) is 11.1 Å². The molecule has 0 aliphatic rings. The molecule has 0 aliphatic carbocycles. The lowest BCUT2D eigenvalue weighted by Crippen LogP contribution is -2.33. The second-order valence-electron chi connectivity index (χ2n) is 5.68. The van der Waals surface area contributed by atoms with E-state index in [-0.39, 0.29) is 18.4 Å². The maximum absolute atomic E-state index is 12.2. The molecule has 0 radical (unpaired) electrons. The van der Waals surface area contributed by atoms with Crippen LogP contribution in [0.1, 0.15) is 11.1 Å². The SMILES string of the molecule is COc1ccccc1C=CC(=O)N(C)CC(=O)Nc1ccc(C)cc1. The van der Waals surface area contributed by atoms with E-state index in [2.05, 4.69) is 5.32 Å². The highest BCUT2D eigenvalue weighted by Gasteiger charge is 2.11. The molecule has 25 heavy (non-hydrogen) atoms. The Hall–Kier alpha value is -3.08. The second-order valence-corrected chi connectivity index (χ2v) is 5.68. The van der Waals surface area contributed by atoms with Crippen LogP contribution in [0.15, 0.2) is 54.6 Å². The van der Waals surface area contributed by atoms with E-state index in [1.165, 1.54) is 11.0 Å². The van der Waals surface area contributed by atoms with Gasteiger partial charge in [-0.15, -0.1) is 0 Å². The number of rotatable bonds is 6. The average Bonchev–Trinajstić information content (AvgIpc) is 2.61. The lowest BCUT2D eigenvalue weighted by Gasteiger charge is -2.15. The van der Waals surface area contributed by atoms with Crippen molar-refractivity contribution in [3.8, 4) is 5.75 Å². The summed E-state index contributed by atoms with van der Waals surface area (Å²) in [5.41, 5.74) is 2.63. The average molecular weight is 338 g/mol. The summed E-state index contributed by atoms with van der Waals surface area (Å²) in [4.78, 5) is 25.6. The molecule has 130 valence electrons. The minimum atomic E-state index is -0.259. The minimum absolute atomic E-state index is 0.0248. The highest BCUT2D eigenvalue weighted by molar-refractivity contribution is 5.98. The largest absolute Gasteiger partial charge is 0.496 e. The van der Waals surface area contributed by atoms with Gasteiger partial charge >= 0.3 is 0 Å². The van der Waals surface area contributed by atoms with Gasteiger partial charge in [0.2, 0.25) is 11.8 Å². The summed E-state index contributed by atoms with van der Waals surface area (Å²) >= 11 is 0. The van der Waals surface area contributed by atoms with Crippen LogP contribution < -0.4 is 10.1 Å². The fourth-order valence-electron chi connectivity index (χ4n) is 2.22. The second kappa shape index (κ2) is 8.68. The van der Waals surface area contributed by atoms with E-state index in [1.54, 1.807) is 20.2 Å². The molecule has 2 aromatic carbocycles. The number of aryl methyl sites for hydroxylation is 1. The zero-order chi connectivity index (χ0) is 18.2. The lowest BCUT2D eigenvalue weighted by molar-refractivity contribution is -0.129. The monoisotopic (exact) mass is 338 g/mol. The van der Waals surface area contributed by atoms with Gasteiger partial charge in [0.25, 0.3) is 0 Å². The molecular formula is C20H22N2O3. The molecule has 2 aromatic rings. The summed E-state index contributed by atoms with van der Waals surface area (Å²) in [6.07, 6.45) is 3.10. The molecule has 5 heteroatoms. The fraction of sp³-hybridized carbons (Fsp3) is 0.200. The van der Waals surface area contributed by atoms with Gasteiger partial charge in [-0.1, -0.05) is 35.9 Å². The Morgan fingerprint density at radius 2 is 1.80 bits per heavy atom. The van der Waals surface area contributed by atoms with Gasteiger partial charge in [-0.2, -0.15) is 0 Å². The molecule has 0 spiro atoms. The summed E-state index contributed by atoms with van der Waals surface area (Å²) in [7, 11) is 3.17. The van der Waals surface area contributed by atoms with Gasteiger partial charge in [0, 0.05) is 24.4 Å². The smallest absolute Gasteiger partial charge is 0.246 e. The first kappa shape index (κ1) is 18.3. The first-order valence-corrected chi connectivity index (χ1v) is 7.92. The van der Waals surface area contributed by atoms with Gasteiger partial charge in [0.05, 0.1) is 13.7 Å². The number of hydrogen-bond acceptors (Lipinski definition) is 3. The Morgan fingerprint density at radius 1 is 1.12 bits per heavy atom. The lowest BCUT2D eigenvalue weighted by atomic mass is 10.2. The zero-order valence-electron chi connectivity index (χ0n) is 14.7. The number of benzene rings is 2. The summed E-state index contributed by atoms with van der Waals surface area (Å²) in [6.45, 7) is 1.95. The van der Waals surface area contributed by atoms with Crippen LogP contribution in [0, 0.1) is 6.92 Å². The fourth-order valence-corrected chi connectivity index (χ4v) is 2.22. The number of anilines is 1. The van der Waals surface area contributed by atoms with Crippen molar-refractivity contribution in [1.29, 1.82) is 0 Å². The van der Waals surface area contributed by atoms with Crippen LogP contribution in [0.5, 0.6) is 5.75 Å². The van der Waals surface area contributed by atoms with Crippen molar-refractivity contribution in [2.75, 3.05) is 26.0 Å². The van der Waals surface area contributed by atoms with Crippen molar-refractivity contribution in [1.82, 2.24) is 4.90 Å². The molecular weight excluding hydrogens is 316 g/mol. The molecule has 0 aliphatic heterocycles. The first-order chi connectivity index (χ1) is 12.0. The minimum Gasteiger partial charge on any atom is -0.496 e. The van der Waals surface area contributed by atoms with Crippen LogP contribution in [0.3, 0.4) is 0 Å². The van der Waals surface area contributed by atoms with Gasteiger partial charge in [-0.3, -0.25) is 9.59 Å². The van der Waals surface area contributed by atoms with Crippen LogP contribution in [-0.2, 0) is 9.59 Å². The number of nitrogens with zero attached hydrogens (tertiary/aromatic N) is 1. The normalized spacial score (nSPS) is 10.5. The van der Waals surface area contributed by atoms with Crippen molar-refractivity contribution in [3.05, 3.63) is 65.7 Å². The number of nitrogens with one attached hydrogen (secondary N) is 1. The molecule has 0 bridgehead atoms. The van der Waals surface area contributed by atoms with E-state index in [1.807, 2.05) is 55.5 Å². The Kier molecular flexibility index (Phi) is 6.34. The van der Waals surface area contributed by atoms with E-state index in [4.69, 9.17) is 4.74 Å². The van der Waals surface area contributed by atoms with Crippen LogP contribution in [0.2, 0.25) is 0 Å². The highest BCUT2D eigenvalue weighted by Crippen LogP contribution is 2.18. The first-order valence-electron chi connectivity index (χ1n) is 7.92. The standard InChI is InChI=1S/C20H22N2O3/c1-15-8-11-17(12-9-15)21-19(23)14-22(2)20(24)13-10-16-6-4-5-7-18(16)25-3/h4-13H,14H2,1-3H3,(H,21,23). The van der Waals surface area contributed by atoms with Crippen LogP contribution >= 0.6 is 0 Å². The molecule has 5 nitrogen and oxygen atoms in total. The number of carbonyl (C=O) groups excluding carboxylic acids is 2. The number of para-hydroxylation sites is 1. The quantitative estimate of drug-likeness (QED) is 0.823.